The van der Waals surface area contributed by atoms with Crippen LogP contribution in [0.3, 0.4) is 0 Å². The number of nitrogens with one attached hydrogen (secondary N) is 1. The molecule has 0 saturated heterocycles. The lowest BCUT2D eigenvalue weighted by Crippen LogP contribution is -2.13. The molecule has 0 amide bonds. The maximum absolute atomic E-state index is 11.1. The summed E-state index contributed by atoms with van der Waals surface area (Å²) in [6.07, 6.45) is 3.18. The van der Waals surface area contributed by atoms with Gasteiger partial charge in [0, 0.05) is 17.5 Å². The number of anilines is 1. The van der Waals surface area contributed by atoms with Gasteiger partial charge in [-0.15, -0.1) is 0 Å². The number of fused-ring (bicyclic) bond motifs is 1. The zero-order chi connectivity index (χ0) is 9.47. The van der Waals surface area contributed by atoms with Gasteiger partial charge in [-0.05, 0) is 19.1 Å². The Balaban J connectivity index is 2.60. The Hall–Kier alpha value is -1.36. The monoisotopic (exact) mass is 196 g/mol. The molecular formula is C8H8N2O2S. The van der Waals surface area contributed by atoms with Crippen molar-refractivity contribution >= 4 is 21.8 Å². The maximum Gasteiger partial charge on any atom is 0.255 e. The van der Waals surface area contributed by atoms with E-state index in [4.69, 9.17) is 0 Å². The molecule has 0 saturated carbocycles. The van der Waals surface area contributed by atoms with E-state index in [1.807, 2.05) is 6.92 Å². The molecule has 68 valence electrons. The molecule has 5 heteroatoms. The van der Waals surface area contributed by atoms with Gasteiger partial charge in [0.25, 0.3) is 10.0 Å². The Labute approximate surface area is 76.4 Å². The number of aromatic nitrogens is 1. The van der Waals surface area contributed by atoms with Crippen molar-refractivity contribution in [2.45, 2.75) is 6.92 Å². The lowest BCUT2D eigenvalue weighted by atomic mass is 10.2. The van der Waals surface area contributed by atoms with Gasteiger partial charge in [-0.2, -0.15) is 0 Å². The molecule has 1 aliphatic heterocycles. The van der Waals surface area contributed by atoms with Crippen LogP contribution in [0.15, 0.2) is 17.7 Å². The molecule has 0 aromatic carbocycles. The van der Waals surface area contributed by atoms with Crippen LogP contribution in [0, 0.1) is 6.92 Å². The van der Waals surface area contributed by atoms with Gasteiger partial charge in [-0.3, -0.25) is 9.71 Å². The molecule has 1 aromatic rings. The van der Waals surface area contributed by atoms with Gasteiger partial charge >= 0.3 is 0 Å². The van der Waals surface area contributed by atoms with E-state index < -0.39 is 10.0 Å². The van der Waals surface area contributed by atoms with E-state index >= 15 is 0 Å². The van der Waals surface area contributed by atoms with Crippen molar-refractivity contribution in [2.24, 2.45) is 0 Å². The van der Waals surface area contributed by atoms with Crippen molar-refractivity contribution in [1.82, 2.24) is 4.98 Å². The minimum Gasteiger partial charge on any atom is -0.279 e. The highest BCUT2D eigenvalue weighted by atomic mass is 32.2. The summed E-state index contributed by atoms with van der Waals surface area (Å²) >= 11 is 0. The second-order valence-corrected chi connectivity index (χ2v) is 4.43. The van der Waals surface area contributed by atoms with Crippen LogP contribution in [0.5, 0.6) is 0 Å². The zero-order valence-electron chi connectivity index (χ0n) is 6.98. The third kappa shape index (κ3) is 1.55. The first-order chi connectivity index (χ1) is 6.07. The Kier molecular flexibility index (Phi) is 1.63. The molecule has 0 unspecified atom stereocenters. The summed E-state index contributed by atoms with van der Waals surface area (Å²) in [5.41, 5.74) is 2.17. The van der Waals surface area contributed by atoms with Gasteiger partial charge < -0.3 is 0 Å². The fourth-order valence-electron chi connectivity index (χ4n) is 1.14. The lowest BCUT2D eigenvalue weighted by molar-refractivity contribution is 0.609. The van der Waals surface area contributed by atoms with Crippen LogP contribution in [-0.4, -0.2) is 13.4 Å². The van der Waals surface area contributed by atoms with E-state index in [9.17, 15) is 8.42 Å². The number of sulfonamides is 1. The Morgan fingerprint density at radius 2 is 2.23 bits per heavy atom. The van der Waals surface area contributed by atoms with Crippen LogP contribution in [0.2, 0.25) is 0 Å². The number of nitrogens with zero attached hydrogens (tertiary/aromatic N) is 1. The average molecular weight is 196 g/mol. The number of aryl methyl sites for hydroxylation is 1. The molecule has 1 aromatic heterocycles. The Morgan fingerprint density at radius 3 is 3.00 bits per heavy atom. The van der Waals surface area contributed by atoms with E-state index in [1.54, 1.807) is 12.3 Å². The minimum atomic E-state index is -3.27. The molecule has 0 radical (unpaired) electrons. The van der Waals surface area contributed by atoms with E-state index in [0.29, 0.717) is 5.69 Å². The predicted octanol–water partition coefficient (Wildman–Crippen LogP) is 1.12. The van der Waals surface area contributed by atoms with Crippen molar-refractivity contribution in [3.8, 4) is 0 Å². The molecule has 0 aliphatic carbocycles. The predicted molar refractivity (Wildman–Crippen MR) is 50.6 cm³/mol. The molecule has 13 heavy (non-hydrogen) atoms. The van der Waals surface area contributed by atoms with Gasteiger partial charge in [-0.1, -0.05) is 0 Å². The van der Waals surface area contributed by atoms with Gasteiger partial charge in [0.2, 0.25) is 0 Å². The number of rotatable bonds is 0. The molecule has 4 nitrogen and oxygen atoms in total. The molecule has 0 bridgehead atoms. The van der Waals surface area contributed by atoms with E-state index in [2.05, 4.69) is 9.71 Å². The Morgan fingerprint density at radius 1 is 1.46 bits per heavy atom. The summed E-state index contributed by atoms with van der Waals surface area (Å²) in [5, 5.41) is 1.13. The van der Waals surface area contributed by atoms with Gasteiger partial charge in [-0.25, -0.2) is 8.42 Å². The smallest absolute Gasteiger partial charge is 0.255 e. The average Bonchev–Trinajstić information content (AvgIpc) is 2.01. The third-order valence-corrected chi connectivity index (χ3v) is 2.75. The Bertz CT molecular complexity index is 477. The summed E-state index contributed by atoms with van der Waals surface area (Å²) in [7, 11) is -3.27. The molecule has 0 fully saturated rings. The minimum absolute atomic E-state index is 0.593. The van der Waals surface area contributed by atoms with E-state index in [-0.39, 0.29) is 0 Å². The second-order valence-electron chi connectivity index (χ2n) is 2.86. The van der Waals surface area contributed by atoms with Crippen LogP contribution >= 0.6 is 0 Å². The molecule has 2 rings (SSSR count). The van der Waals surface area contributed by atoms with Crippen LogP contribution in [0.1, 0.15) is 11.3 Å². The fourth-order valence-corrected chi connectivity index (χ4v) is 2.02. The molecule has 0 spiro atoms. The molecule has 0 atom stereocenters. The number of pyridine rings is 1. The standard InChI is InChI=1S/C8H8N2O2S/c1-6-4-8-7(5-9-6)2-3-13(11,12)10-8/h2-5,10H,1H3. The number of hydrogen-bond donors (Lipinski definition) is 1. The van der Waals surface area contributed by atoms with Crippen molar-refractivity contribution in [2.75, 3.05) is 4.72 Å². The summed E-state index contributed by atoms with van der Waals surface area (Å²) < 4.78 is 24.6. The molecule has 2 heterocycles. The number of hydrogen-bond acceptors (Lipinski definition) is 3. The summed E-state index contributed by atoms with van der Waals surface area (Å²) in [6, 6.07) is 1.70. The van der Waals surface area contributed by atoms with Crippen LogP contribution in [-0.2, 0) is 10.0 Å². The molecule has 1 aliphatic rings. The van der Waals surface area contributed by atoms with Crippen molar-refractivity contribution < 1.29 is 8.42 Å². The van der Waals surface area contributed by atoms with E-state index in [1.165, 1.54) is 6.08 Å². The van der Waals surface area contributed by atoms with Crippen LogP contribution in [0.25, 0.3) is 6.08 Å². The van der Waals surface area contributed by atoms with Gasteiger partial charge in [0.1, 0.15) is 0 Å². The topological polar surface area (TPSA) is 59.1 Å². The zero-order valence-corrected chi connectivity index (χ0v) is 7.80. The third-order valence-electron chi connectivity index (χ3n) is 1.75. The van der Waals surface area contributed by atoms with Gasteiger partial charge in [0.05, 0.1) is 11.1 Å². The summed E-state index contributed by atoms with van der Waals surface area (Å²) in [5.74, 6) is 0. The highest BCUT2D eigenvalue weighted by Crippen LogP contribution is 2.23. The first-order valence-electron chi connectivity index (χ1n) is 3.74. The van der Waals surface area contributed by atoms with Crippen LogP contribution < -0.4 is 4.72 Å². The van der Waals surface area contributed by atoms with Crippen molar-refractivity contribution in [3.63, 3.8) is 0 Å². The normalized spacial score (nSPS) is 17.6. The largest absolute Gasteiger partial charge is 0.279 e. The van der Waals surface area contributed by atoms with E-state index in [0.717, 1.165) is 16.7 Å². The summed E-state index contributed by atoms with van der Waals surface area (Å²) in [4.78, 5) is 4.05. The lowest BCUT2D eigenvalue weighted by Gasteiger charge is -2.12. The van der Waals surface area contributed by atoms with Crippen molar-refractivity contribution in [3.05, 3.63) is 28.9 Å². The maximum atomic E-state index is 11.1. The quantitative estimate of drug-likeness (QED) is 0.676. The molecular weight excluding hydrogens is 188 g/mol. The first kappa shape index (κ1) is 8.25. The highest BCUT2D eigenvalue weighted by Gasteiger charge is 2.13. The SMILES string of the molecule is Cc1cc2c(cn1)C=CS(=O)(=O)N2. The van der Waals surface area contributed by atoms with Gasteiger partial charge in [0.15, 0.2) is 0 Å². The van der Waals surface area contributed by atoms with Crippen LogP contribution in [0.4, 0.5) is 5.69 Å². The molecule has 1 N–H and O–H groups in total. The second kappa shape index (κ2) is 2.56. The van der Waals surface area contributed by atoms with Crippen molar-refractivity contribution in [1.29, 1.82) is 0 Å². The first-order valence-corrected chi connectivity index (χ1v) is 5.29. The highest BCUT2D eigenvalue weighted by molar-refractivity contribution is 7.95. The fraction of sp³-hybridized carbons (Fsp3) is 0.125. The summed E-state index contributed by atoms with van der Waals surface area (Å²) in [6.45, 7) is 1.81.